The molecule has 2 heteroatoms. The van der Waals surface area contributed by atoms with E-state index in [1.54, 1.807) is 24.3 Å². The van der Waals surface area contributed by atoms with E-state index in [4.69, 9.17) is 5.11 Å². The zero-order valence-corrected chi connectivity index (χ0v) is 10.6. The second-order valence-corrected chi connectivity index (χ2v) is 3.71. The van der Waals surface area contributed by atoms with E-state index < -0.39 is 5.97 Å². The van der Waals surface area contributed by atoms with Gasteiger partial charge in [-0.1, -0.05) is 73.8 Å². The second-order valence-electron chi connectivity index (χ2n) is 3.71. The summed E-state index contributed by atoms with van der Waals surface area (Å²) in [5.41, 5.74) is 2.12. The van der Waals surface area contributed by atoms with Crippen molar-refractivity contribution >= 4 is 18.1 Å². The van der Waals surface area contributed by atoms with Crippen molar-refractivity contribution in [2.45, 2.75) is 0 Å². The molecule has 0 fully saturated rings. The van der Waals surface area contributed by atoms with Crippen LogP contribution in [0.1, 0.15) is 21.5 Å². The van der Waals surface area contributed by atoms with Crippen LogP contribution < -0.4 is 0 Å². The van der Waals surface area contributed by atoms with Crippen LogP contribution in [0, 0.1) is 0 Å². The topological polar surface area (TPSA) is 37.3 Å². The number of hydrogen-bond acceptors (Lipinski definition) is 1. The first-order valence-electron chi connectivity index (χ1n) is 5.81. The zero-order valence-electron chi connectivity index (χ0n) is 10.6. The Morgan fingerprint density at radius 2 is 1.47 bits per heavy atom. The molecule has 1 N–H and O–H groups in total. The highest BCUT2D eigenvalue weighted by Crippen LogP contribution is 2.08. The Kier molecular flexibility index (Phi) is 5.83. The van der Waals surface area contributed by atoms with Gasteiger partial charge in [0.05, 0.1) is 5.56 Å². The summed E-state index contributed by atoms with van der Waals surface area (Å²) in [5, 5.41) is 8.65. The highest BCUT2D eigenvalue weighted by Gasteiger charge is 2.04. The number of carboxylic acid groups (broad SMARTS) is 1. The van der Waals surface area contributed by atoms with E-state index >= 15 is 0 Å². The Labute approximate surface area is 113 Å². The Morgan fingerprint density at radius 1 is 0.895 bits per heavy atom. The van der Waals surface area contributed by atoms with Crippen molar-refractivity contribution in [1.29, 1.82) is 0 Å². The number of benzene rings is 2. The molecule has 19 heavy (non-hydrogen) atoms. The van der Waals surface area contributed by atoms with E-state index in [0.717, 1.165) is 0 Å². The molecule has 0 spiro atoms. The average Bonchev–Trinajstić information content (AvgIpc) is 2.48. The molecule has 0 saturated carbocycles. The fourth-order valence-electron chi connectivity index (χ4n) is 1.46. The molecule has 2 rings (SSSR count). The lowest BCUT2D eigenvalue weighted by Gasteiger charge is -1.97. The van der Waals surface area contributed by atoms with Crippen molar-refractivity contribution in [3.63, 3.8) is 0 Å². The van der Waals surface area contributed by atoms with Gasteiger partial charge in [-0.15, -0.1) is 0 Å². The Bertz CT molecular complexity index is 556. The SMILES string of the molecule is C=Cc1ccccc1.C=Cc1ccccc1C(=O)O. The number of hydrogen-bond donors (Lipinski definition) is 1. The van der Waals surface area contributed by atoms with Gasteiger partial charge in [-0.2, -0.15) is 0 Å². The highest BCUT2D eigenvalue weighted by molar-refractivity contribution is 5.91. The summed E-state index contributed by atoms with van der Waals surface area (Å²) in [4.78, 5) is 10.5. The fourth-order valence-corrected chi connectivity index (χ4v) is 1.46. The van der Waals surface area contributed by atoms with Gasteiger partial charge in [0.15, 0.2) is 0 Å². The first-order valence-corrected chi connectivity index (χ1v) is 5.81. The van der Waals surface area contributed by atoms with Crippen LogP contribution in [0.25, 0.3) is 12.2 Å². The number of carbonyl (C=O) groups is 1. The maximum absolute atomic E-state index is 10.5. The quantitative estimate of drug-likeness (QED) is 0.881. The Balaban J connectivity index is 0.000000200. The van der Waals surface area contributed by atoms with Crippen molar-refractivity contribution in [3.8, 4) is 0 Å². The summed E-state index contributed by atoms with van der Waals surface area (Å²) in [5.74, 6) is -0.916. The van der Waals surface area contributed by atoms with Crippen LogP contribution in [-0.4, -0.2) is 11.1 Å². The van der Waals surface area contributed by atoms with Crippen molar-refractivity contribution < 1.29 is 9.90 Å². The van der Waals surface area contributed by atoms with E-state index in [-0.39, 0.29) is 0 Å². The predicted molar refractivity (Wildman–Crippen MR) is 80.0 cm³/mol. The number of carboxylic acids is 1. The lowest BCUT2D eigenvalue weighted by Crippen LogP contribution is -1.98. The zero-order chi connectivity index (χ0) is 14.1. The molecule has 0 aliphatic rings. The summed E-state index contributed by atoms with van der Waals surface area (Å²) in [6.45, 7) is 7.14. The number of rotatable bonds is 3. The van der Waals surface area contributed by atoms with Gasteiger partial charge in [-0.05, 0) is 17.2 Å². The molecule has 0 bridgehead atoms. The Morgan fingerprint density at radius 3 is 1.89 bits per heavy atom. The van der Waals surface area contributed by atoms with E-state index in [0.29, 0.717) is 11.1 Å². The van der Waals surface area contributed by atoms with Crippen LogP contribution in [0.4, 0.5) is 0 Å². The van der Waals surface area contributed by atoms with Gasteiger partial charge in [0.2, 0.25) is 0 Å². The van der Waals surface area contributed by atoms with Gasteiger partial charge >= 0.3 is 5.97 Å². The second kappa shape index (κ2) is 7.67. The molecule has 0 atom stereocenters. The highest BCUT2D eigenvalue weighted by atomic mass is 16.4. The molecular weight excluding hydrogens is 236 g/mol. The van der Waals surface area contributed by atoms with Crippen LogP contribution in [0.5, 0.6) is 0 Å². The summed E-state index contributed by atoms with van der Waals surface area (Å²) in [6, 6.07) is 16.8. The molecule has 0 aliphatic carbocycles. The van der Waals surface area contributed by atoms with Gasteiger partial charge in [-0.25, -0.2) is 4.79 Å². The van der Waals surface area contributed by atoms with Gasteiger partial charge in [0.1, 0.15) is 0 Å². The molecule has 0 aliphatic heterocycles. The average molecular weight is 252 g/mol. The molecule has 96 valence electrons. The first kappa shape index (κ1) is 14.5. The molecule has 0 radical (unpaired) electrons. The summed E-state index contributed by atoms with van der Waals surface area (Å²) in [7, 11) is 0. The van der Waals surface area contributed by atoms with E-state index in [1.165, 1.54) is 11.6 Å². The van der Waals surface area contributed by atoms with Gasteiger partial charge in [-0.3, -0.25) is 0 Å². The molecule has 2 aromatic rings. The molecule has 0 amide bonds. The smallest absolute Gasteiger partial charge is 0.336 e. The molecular formula is C17H16O2. The van der Waals surface area contributed by atoms with Crippen molar-refractivity contribution in [3.05, 3.63) is 84.4 Å². The Hall–Kier alpha value is -2.61. The molecule has 0 aromatic heterocycles. The summed E-state index contributed by atoms with van der Waals surface area (Å²) in [6.07, 6.45) is 3.36. The minimum absolute atomic E-state index is 0.294. The van der Waals surface area contributed by atoms with E-state index in [2.05, 4.69) is 13.2 Å². The summed E-state index contributed by atoms with van der Waals surface area (Å²) >= 11 is 0. The molecule has 2 aromatic carbocycles. The lowest BCUT2D eigenvalue weighted by atomic mass is 10.1. The normalized spacial score (nSPS) is 8.84. The number of aromatic carboxylic acids is 1. The molecule has 0 saturated heterocycles. The van der Waals surface area contributed by atoms with Crippen LogP contribution in [0.3, 0.4) is 0 Å². The van der Waals surface area contributed by atoms with Crippen molar-refractivity contribution in [2.75, 3.05) is 0 Å². The van der Waals surface area contributed by atoms with Crippen molar-refractivity contribution in [2.24, 2.45) is 0 Å². The minimum Gasteiger partial charge on any atom is -0.478 e. The van der Waals surface area contributed by atoms with Gasteiger partial charge in [0.25, 0.3) is 0 Å². The first-order chi connectivity index (χ1) is 9.19. The van der Waals surface area contributed by atoms with E-state index in [9.17, 15) is 4.79 Å². The van der Waals surface area contributed by atoms with Crippen LogP contribution in [-0.2, 0) is 0 Å². The van der Waals surface area contributed by atoms with Crippen LogP contribution >= 0.6 is 0 Å². The monoisotopic (exact) mass is 252 g/mol. The van der Waals surface area contributed by atoms with Crippen LogP contribution in [0.15, 0.2) is 67.8 Å². The third kappa shape index (κ3) is 4.64. The third-order valence-corrected chi connectivity index (χ3v) is 2.45. The maximum atomic E-state index is 10.5. The molecule has 2 nitrogen and oxygen atoms in total. The molecule has 0 unspecified atom stereocenters. The minimum atomic E-state index is -0.916. The van der Waals surface area contributed by atoms with Gasteiger partial charge in [0, 0.05) is 0 Å². The standard InChI is InChI=1S/C9H8O2.C8H8/c1-2-7-5-3-4-6-8(7)9(10)11;1-2-8-6-4-3-5-7-8/h2-6H,1H2,(H,10,11);2-7H,1H2. The fraction of sp³-hybridized carbons (Fsp3) is 0. The van der Waals surface area contributed by atoms with Crippen molar-refractivity contribution in [1.82, 2.24) is 0 Å². The van der Waals surface area contributed by atoms with Crippen LogP contribution in [0.2, 0.25) is 0 Å². The largest absolute Gasteiger partial charge is 0.478 e. The molecule has 0 heterocycles. The summed E-state index contributed by atoms with van der Waals surface area (Å²) < 4.78 is 0. The predicted octanol–water partition coefficient (Wildman–Crippen LogP) is 4.36. The maximum Gasteiger partial charge on any atom is 0.336 e. The third-order valence-electron chi connectivity index (χ3n) is 2.45. The van der Waals surface area contributed by atoms with Gasteiger partial charge < -0.3 is 5.11 Å². The lowest BCUT2D eigenvalue weighted by molar-refractivity contribution is 0.0696. The van der Waals surface area contributed by atoms with E-state index in [1.807, 2.05) is 36.4 Å².